The molecule has 23 heavy (non-hydrogen) atoms. The van der Waals surface area contributed by atoms with E-state index in [2.05, 4.69) is 0 Å². The maximum absolute atomic E-state index is 10.3. The Kier molecular flexibility index (Phi) is 7.20. The molecular formula is C14H12Cl5O2PS. The largest absolute Gasteiger partial charge is 0.337 e. The highest BCUT2D eigenvalue weighted by atomic mass is 35.7. The number of halogens is 5. The molecule has 0 atom stereocenters. The molecule has 0 bridgehead atoms. The first-order valence-electron chi connectivity index (χ1n) is 6.26. The lowest BCUT2D eigenvalue weighted by molar-refractivity contribution is 0.499. The zero-order valence-electron chi connectivity index (χ0n) is 11.4. The van der Waals surface area contributed by atoms with Crippen molar-refractivity contribution in [3.05, 3.63) is 59.7 Å². The predicted octanol–water partition coefficient (Wildman–Crippen LogP) is 6.58. The van der Waals surface area contributed by atoms with E-state index in [-0.39, 0.29) is 0 Å². The maximum atomic E-state index is 10.3. The molecule has 2 rings (SSSR count). The van der Waals surface area contributed by atoms with Gasteiger partial charge in [-0.3, -0.25) is 0 Å². The number of hydrogen-bond donors (Lipinski definition) is 2. The third-order valence-electron chi connectivity index (χ3n) is 2.96. The molecule has 0 aromatic heterocycles. The van der Waals surface area contributed by atoms with E-state index < -0.39 is 25.6 Å². The molecule has 0 heterocycles. The smallest absolute Gasteiger partial charge is 0.244 e. The Hall–Kier alpha value is 0.590. The molecule has 0 aliphatic carbocycles. The fraction of sp³-hybridized carbons (Fsp3) is 0.143. The number of benzene rings is 2. The van der Waals surface area contributed by atoms with Crippen LogP contribution in [-0.4, -0.2) is 9.79 Å². The van der Waals surface area contributed by atoms with Crippen molar-refractivity contribution in [2.24, 2.45) is 0 Å². The van der Waals surface area contributed by atoms with Crippen LogP contribution in [0.5, 0.6) is 0 Å². The summed E-state index contributed by atoms with van der Waals surface area (Å²) in [4.78, 5) is 20.0. The number of hydrogen-bond acceptors (Lipinski definition) is 0. The third-order valence-corrected chi connectivity index (χ3v) is 9.76. The lowest BCUT2D eigenvalue weighted by Gasteiger charge is -2.22. The molecule has 2 nitrogen and oxygen atoms in total. The van der Waals surface area contributed by atoms with Gasteiger partial charge >= 0.3 is 0 Å². The molecule has 0 saturated carbocycles. The fourth-order valence-corrected chi connectivity index (χ4v) is 8.87. The molecule has 0 amide bonds. The van der Waals surface area contributed by atoms with E-state index in [1.54, 1.807) is 48.5 Å². The molecule has 0 radical (unpaired) electrons. The highest BCUT2D eigenvalue weighted by molar-refractivity contribution is 8.37. The third kappa shape index (κ3) is 4.82. The zero-order valence-corrected chi connectivity index (χ0v) is 16.9. The first kappa shape index (κ1) is 19.9. The summed E-state index contributed by atoms with van der Waals surface area (Å²) in [5, 5.41) is 0. The van der Waals surface area contributed by atoms with Crippen LogP contribution >= 0.6 is 63.5 Å². The Labute approximate surface area is 161 Å². The van der Waals surface area contributed by atoms with E-state index in [9.17, 15) is 9.79 Å². The summed E-state index contributed by atoms with van der Waals surface area (Å²) in [6.45, 7) is 0. The predicted molar refractivity (Wildman–Crippen MR) is 103 cm³/mol. The van der Waals surface area contributed by atoms with Gasteiger partial charge in [0, 0.05) is 9.79 Å². The molecule has 0 saturated heterocycles. The zero-order chi connectivity index (χ0) is 17.2. The normalized spacial score (nSPS) is 12.4. The second kappa shape index (κ2) is 8.31. The summed E-state index contributed by atoms with van der Waals surface area (Å²) in [6, 6.07) is 13.9. The van der Waals surface area contributed by atoms with E-state index in [4.69, 9.17) is 57.6 Å². The fourth-order valence-electron chi connectivity index (χ4n) is 2.04. The van der Waals surface area contributed by atoms with Crippen molar-refractivity contribution >= 4 is 73.6 Å². The van der Waals surface area contributed by atoms with Crippen LogP contribution < -0.4 is 0 Å². The van der Waals surface area contributed by atoms with Crippen LogP contribution in [0.2, 0.25) is 0 Å². The van der Waals surface area contributed by atoms with Crippen LogP contribution in [0.15, 0.2) is 58.3 Å². The van der Waals surface area contributed by atoms with Gasteiger partial charge < -0.3 is 9.79 Å². The second-order valence-corrected chi connectivity index (χ2v) is 13.7. The quantitative estimate of drug-likeness (QED) is 0.407. The number of alkyl halides is 4. The summed E-state index contributed by atoms with van der Waals surface area (Å²) in [5.41, 5.74) is 1.12. The molecule has 0 aliphatic heterocycles. The minimum atomic E-state index is -3.84. The molecule has 0 fully saturated rings. The topological polar surface area (TPSA) is 40.5 Å². The minimum Gasteiger partial charge on any atom is -0.337 e. The second-order valence-electron chi connectivity index (χ2n) is 4.43. The van der Waals surface area contributed by atoms with E-state index in [0.717, 1.165) is 0 Å². The van der Waals surface area contributed by atoms with Crippen LogP contribution in [0.3, 0.4) is 0 Å². The Morgan fingerprint density at radius 2 is 1.09 bits per heavy atom. The van der Waals surface area contributed by atoms with Crippen molar-refractivity contribution in [2.45, 2.75) is 19.5 Å². The van der Waals surface area contributed by atoms with Crippen LogP contribution in [0.4, 0.5) is 0 Å². The average Bonchev–Trinajstić information content (AvgIpc) is 2.46. The van der Waals surface area contributed by atoms with Gasteiger partial charge in [-0.05, 0) is 34.5 Å². The standard InChI is InChI=1S/C14H12Cl5O2PS/c15-13(16)9-5-1-3-7-11(9)23(22(19,20)21)12-8-4-2-6-10(12)14(17)18/h1-8,13-14,20-21H. The molecule has 2 aromatic rings. The van der Waals surface area contributed by atoms with Crippen molar-refractivity contribution in [1.82, 2.24) is 0 Å². The van der Waals surface area contributed by atoms with Gasteiger partial charge in [0.1, 0.15) is 9.67 Å². The Balaban J connectivity index is 2.84. The van der Waals surface area contributed by atoms with Gasteiger partial charge in [-0.1, -0.05) is 46.5 Å². The molecule has 2 aromatic carbocycles. The molecule has 0 unspecified atom stereocenters. The highest BCUT2D eigenvalue weighted by Gasteiger charge is 2.24. The summed E-state index contributed by atoms with van der Waals surface area (Å²) in [7, 11) is -1.28. The van der Waals surface area contributed by atoms with Crippen molar-refractivity contribution < 1.29 is 9.79 Å². The van der Waals surface area contributed by atoms with E-state index >= 15 is 0 Å². The summed E-state index contributed by atoms with van der Waals surface area (Å²) in [5.74, 6) is -3.84. The summed E-state index contributed by atoms with van der Waals surface area (Å²) in [6.07, 6.45) is 0. The lowest BCUT2D eigenvalue weighted by atomic mass is 10.2. The molecule has 2 N–H and O–H groups in total. The van der Waals surface area contributed by atoms with Gasteiger partial charge in [-0.25, -0.2) is 0 Å². The van der Waals surface area contributed by atoms with Gasteiger partial charge in [0.15, 0.2) is 0 Å². The monoisotopic (exact) mass is 450 g/mol. The number of rotatable bonds is 4. The Bertz CT molecular complexity index is 699. The van der Waals surface area contributed by atoms with Crippen LogP contribution in [0, 0.1) is 0 Å². The van der Waals surface area contributed by atoms with Crippen LogP contribution in [-0.2, 0) is 10.1 Å². The van der Waals surface area contributed by atoms with E-state index in [0.29, 0.717) is 20.9 Å². The van der Waals surface area contributed by atoms with Gasteiger partial charge in [0.25, 0.3) is 0 Å². The first-order chi connectivity index (χ1) is 10.7. The van der Waals surface area contributed by atoms with Gasteiger partial charge in [0.05, 0.1) is 0 Å². The van der Waals surface area contributed by atoms with Gasteiger partial charge in [0.2, 0.25) is 5.84 Å². The summed E-state index contributed by atoms with van der Waals surface area (Å²) < 4.78 is 0. The summed E-state index contributed by atoms with van der Waals surface area (Å²) >= 11 is 30.0. The molecule has 0 spiro atoms. The van der Waals surface area contributed by atoms with E-state index in [1.165, 1.54) is 0 Å². The van der Waals surface area contributed by atoms with Crippen LogP contribution in [0.1, 0.15) is 20.8 Å². The van der Waals surface area contributed by atoms with Gasteiger partial charge in [-0.15, -0.1) is 46.4 Å². The first-order valence-corrected chi connectivity index (χ1v) is 12.4. The van der Waals surface area contributed by atoms with E-state index in [1.807, 2.05) is 0 Å². The van der Waals surface area contributed by atoms with Crippen molar-refractivity contribution in [3.8, 4) is 0 Å². The highest BCUT2D eigenvalue weighted by Crippen LogP contribution is 2.54. The van der Waals surface area contributed by atoms with Crippen LogP contribution in [0.25, 0.3) is 0 Å². The van der Waals surface area contributed by atoms with Gasteiger partial charge in [-0.2, -0.15) is 0 Å². The SMILES string of the molecule is OP(O)(Cl)=S(c1ccccc1C(Cl)Cl)c1ccccc1C(Cl)Cl. The Morgan fingerprint density at radius 3 is 1.39 bits per heavy atom. The minimum absolute atomic E-state index is 0.553. The average molecular weight is 453 g/mol. The molecule has 0 aliphatic rings. The molecular weight excluding hydrogens is 440 g/mol. The van der Waals surface area contributed by atoms with Crippen molar-refractivity contribution in [3.63, 3.8) is 0 Å². The maximum Gasteiger partial charge on any atom is 0.244 e. The molecule has 9 heteroatoms. The molecule has 126 valence electrons. The Morgan fingerprint density at radius 1 is 0.739 bits per heavy atom. The van der Waals surface area contributed by atoms with Crippen molar-refractivity contribution in [1.29, 1.82) is 0 Å². The lowest BCUT2D eigenvalue weighted by Crippen LogP contribution is -2.03. The van der Waals surface area contributed by atoms with Crippen molar-refractivity contribution in [2.75, 3.05) is 0 Å².